The molecule has 6 heteroatoms. The number of carbonyl (C=O) groups is 2. The highest BCUT2D eigenvalue weighted by atomic mass is 16.2. The van der Waals surface area contributed by atoms with Crippen LogP contribution < -0.4 is 11.1 Å². The van der Waals surface area contributed by atoms with Crippen molar-refractivity contribution in [3.63, 3.8) is 0 Å². The minimum absolute atomic E-state index is 0.0430. The molecule has 20 heavy (non-hydrogen) atoms. The normalized spacial score (nSPS) is 10.1. The predicted octanol–water partition coefficient (Wildman–Crippen LogP) is 1.19. The lowest BCUT2D eigenvalue weighted by Crippen LogP contribution is -2.26. The van der Waals surface area contributed by atoms with Gasteiger partial charge in [0.2, 0.25) is 0 Å². The highest BCUT2D eigenvalue weighted by Crippen LogP contribution is 2.15. The van der Waals surface area contributed by atoms with E-state index in [4.69, 9.17) is 5.73 Å². The Bertz CT molecular complexity index is 641. The lowest BCUT2D eigenvalue weighted by molar-refractivity contribution is 0.0931. The van der Waals surface area contributed by atoms with E-state index in [0.29, 0.717) is 6.54 Å². The maximum atomic E-state index is 12.1. The van der Waals surface area contributed by atoms with Crippen LogP contribution in [0.5, 0.6) is 0 Å². The number of nitrogen functional groups attached to an aromatic ring is 1. The van der Waals surface area contributed by atoms with Gasteiger partial charge in [0, 0.05) is 30.8 Å². The number of aromatic nitrogens is 2. The number of ketones is 1. The van der Waals surface area contributed by atoms with Gasteiger partial charge in [-0.3, -0.25) is 19.6 Å². The summed E-state index contributed by atoms with van der Waals surface area (Å²) < 4.78 is 0. The molecular formula is C14H14N4O2. The van der Waals surface area contributed by atoms with Crippen molar-refractivity contribution in [1.82, 2.24) is 15.3 Å². The third-order valence-corrected chi connectivity index (χ3v) is 2.73. The molecule has 0 saturated carbocycles. The van der Waals surface area contributed by atoms with Crippen LogP contribution in [0.4, 0.5) is 5.69 Å². The van der Waals surface area contributed by atoms with Crippen molar-refractivity contribution in [2.24, 2.45) is 0 Å². The van der Waals surface area contributed by atoms with Crippen LogP contribution in [0.3, 0.4) is 0 Å². The van der Waals surface area contributed by atoms with Crippen molar-refractivity contribution >= 4 is 17.4 Å². The lowest BCUT2D eigenvalue weighted by Gasteiger charge is -2.09. The van der Waals surface area contributed by atoms with Gasteiger partial charge in [0.05, 0.1) is 5.56 Å². The maximum absolute atomic E-state index is 12.1. The van der Waals surface area contributed by atoms with E-state index in [0.717, 1.165) is 5.56 Å². The fraction of sp³-hybridized carbons (Fsp3) is 0.143. The molecular weight excluding hydrogens is 256 g/mol. The Hall–Kier alpha value is -2.76. The van der Waals surface area contributed by atoms with E-state index in [1.807, 2.05) is 6.07 Å². The number of pyridine rings is 2. The molecule has 2 rings (SSSR count). The smallest absolute Gasteiger partial charge is 0.270 e. The number of hydrogen-bond donors (Lipinski definition) is 2. The monoisotopic (exact) mass is 270 g/mol. The molecule has 102 valence electrons. The number of anilines is 1. The van der Waals surface area contributed by atoms with Gasteiger partial charge in [0.15, 0.2) is 5.78 Å². The lowest BCUT2D eigenvalue weighted by atomic mass is 10.1. The molecule has 6 nitrogen and oxygen atoms in total. The molecule has 2 heterocycles. The Balaban J connectivity index is 2.18. The number of nitrogens with two attached hydrogens (primary N) is 1. The second kappa shape index (κ2) is 5.92. The SMILES string of the molecule is CC(=O)c1c(N)ccnc1C(=O)NCc1cccnc1. The molecule has 0 aromatic carbocycles. The third-order valence-electron chi connectivity index (χ3n) is 2.73. The van der Waals surface area contributed by atoms with E-state index in [2.05, 4.69) is 15.3 Å². The first-order chi connectivity index (χ1) is 9.59. The molecule has 3 N–H and O–H groups in total. The summed E-state index contributed by atoms with van der Waals surface area (Å²) in [5.41, 5.74) is 7.01. The molecule has 0 aliphatic heterocycles. The van der Waals surface area contributed by atoms with Gasteiger partial charge in [-0.05, 0) is 24.6 Å². The number of hydrogen-bond acceptors (Lipinski definition) is 5. The quantitative estimate of drug-likeness (QED) is 0.813. The molecule has 2 aromatic rings. The molecule has 1 amide bonds. The minimum atomic E-state index is -0.439. The molecule has 0 spiro atoms. The van der Waals surface area contributed by atoms with Crippen LogP contribution in [0.25, 0.3) is 0 Å². The van der Waals surface area contributed by atoms with Gasteiger partial charge in [-0.2, -0.15) is 0 Å². The van der Waals surface area contributed by atoms with Crippen molar-refractivity contribution in [2.45, 2.75) is 13.5 Å². The van der Waals surface area contributed by atoms with Crippen LogP contribution in [-0.4, -0.2) is 21.7 Å². The van der Waals surface area contributed by atoms with Gasteiger partial charge in [0.1, 0.15) is 5.69 Å². The van der Waals surface area contributed by atoms with E-state index >= 15 is 0 Å². The summed E-state index contributed by atoms with van der Waals surface area (Å²) in [6.07, 6.45) is 4.71. The number of nitrogens with zero attached hydrogens (tertiary/aromatic N) is 2. The summed E-state index contributed by atoms with van der Waals surface area (Å²) in [4.78, 5) is 31.5. The molecule has 0 aliphatic rings. The number of rotatable bonds is 4. The molecule has 0 aliphatic carbocycles. The van der Waals surface area contributed by atoms with Crippen LogP contribution in [0.15, 0.2) is 36.8 Å². The van der Waals surface area contributed by atoms with Crippen LogP contribution in [-0.2, 0) is 6.54 Å². The Kier molecular flexibility index (Phi) is 4.05. The van der Waals surface area contributed by atoms with Gasteiger partial charge in [-0.15, -0.1) is 0 Å². The summed E-state index contributed by atoms with van der Waals surface area (Å²) in [6.45, 7) is 1.66. The fourth-order valence-corrected chi connectivity index (χ4v) is 1.79. The van der Waals surface area contributed by atoms with Crippen molar-refractivity contribution in [3.8, 4) is 0 Å². The van der Waals surface area contributed by atoms with Gasteiger partial charge >= 0.3 is 0 Å². The van der Waals surface area contributed by atoms with Crippen LogP contribution in [0.1, 0.15) is 33.3 Å². The molecule has 0 unspecified atom stereocenters. The van der Waals surface area contributed by atoms with Crippen LogP contribution >= 0.6 is 0 Å². The first-order valence-electron chi connectivity index (χ1n) is 6.02. The van der Waals surface area contributed by atoms with Gasteiger partial charge in [-0.25, -0.2) is 0 Å². The van der Waals surface area contributed by atoms with Crippen molar-refractivity contribution in [3.05, 3.63) is 53.6 Å². The van der Waals surface area contributed by atoms with Crippen molar-refractivity contribution in [1.29, 1.82) is 0 Å². The number of amides is 1. The van der Waals surface area contributed by atoms with E-state index in [1.54, 1.807) is 18.5 Å². The molecule has 0 fully saturated rings. The summed E-state index contributed by atoms with van der Waals surface area (Å²) in [6, 6.07) is 5.11. The van der Waals surface area contributed by atoms with E-state index in [1.165, 1.54) is 19.2 Å². The standard InChI is InChI=1S/C14H14N4O2/c1-9(19)12-11(15)4-6-17-13(12)14(20)18-8-10-3-2-5-16-7-10/h2-7H,8H2,1H3,(H2,15,17)(H,18,20). The molecule has 0 radical (unpaired) electrons. The highest BCUT2D eigenvalue weighted by Gasteiger charge is 2.18. The Morgan fingerprint density at radius 3 is 2.75 bits per heavy atom. The summed E-state index contributed by atoms with van der Waals surface area (Å²) in [5.74, 6) is -0.728. The summed E-state index contributed by atoms with van der Waals surface area (Å²) in [7, 11) is 0. The topological polar surface area (TPSA) is 98.0 Å². The van der Waals surface area contributed by atoms with E-state index in [9.17, 15) is 9.59 Å². The second-order valence-corrected chi connectivity index (χ2v) is 4.22. The second-order valence-electron chi connectivity index (χ2n) is 4.22. The summed E-state index contributed by atoms with van der Waals surface area (Å²) in [5, 5.41) is 2.69. The first-order valence-corrected chi connectivity index (χ1v) is 6.02. The maximum Gasteiger partial charge on any atom is 0.270 e. The fourth-order valence-electron chi connectivity index (χ4n) is 1.79. The number of nitrogens with one attached hydrogen (secondary N) is 1. The van der Waals surface area contributed by atoms with E-state index in [-0.39, 0.29) is 22.7 Å². The Morgan fingerprint density at radius 1 is 1.30 bits per heavy atom. The van der Waals surface area contributed by atoms with Crippen LogP contribution in [0, 0.1) is 0 Å². The Labute approximate surface area is 116 Å². The zero-order chi connectivity index (χ0) is 14.5. The number of Topliss-reactive ketones (excluding diaryl/α,β-unsaturated/α-hetero) is 1. The Morgan fingerprint density at radius 2 is 2.10 bits per heavy atom. The molecule has 0 atom stereocenters. The molecule has 0 saturated heterocycles. The zero-order valence-electron chi connectivity index (χ0n) is 11.0. The highest BCUT2D eigenvalue weighted by molar-refractivity contribution is 6.09. The average molecular weight is 270 g/mol. The third kappa shape index (κ3) is 2.97. The first kappa shape index (κ1) is 13.7. The van der Waals surface area contributed by atoms with E-state index < -0.39 is 5.91 Å². The predicted molar refractivity (Wildman–Crippen MR) is 74.1 cm³/mol. The summed E-state index contributed by atoms with van der Waals surface area (Å²) >= 11 is 0. The van der Waals surface area contributed by atoms with Gasteiger partial charge < -0.3 is 11.1 Å². The van der Waals surface area contributed by atoms with Crippen molar-refractivity contribution < 1.29 is 9.59 Å². The largest absolute Gasteiger partial charge is 0.398 e. The van der Waals surface area contributed by atoms with Crippen LogP contribution in [0.2, 0.25) is 0 Å². The van der Waals surface area contributed by atoms with Crippen molar-refractivity contribution in [2.75, 3.05) is 5.73 Å². The van der Waals surface area contributed by atoms with Gasteiger partial charge in [0.25, 0.3) is 5.91 Å². The van der Waals surface area contributed by atoms with Gasteiger partial charge in [-0.1, -0.05) is 6.07 Å². The molecule has 0 bridgehead atoms. The zero-order valence-corrected chi connectivity index (χ0v) is 11.0. The molecule has 2 aromatic heterocycles. The average Bonchev–Trinajstić information content (AvgIpc) is 2.45. The minimum Gasteiger partial charge on any atom is -0.398 e. The number of carbonyl (C=O) groups excluding carboxylic acids is 2.